The monoisotopic (exact) mass is 460 g/mol. The van der Waals surface area contributed by atoms with E-state index >= 15 is 0 Å². The van der Waals surface area contributed by atoms with Crippen LogP contribution in [0.5, 0.6) is 0 Å². The number of nitrogens with one attached hydrogen (secondary N) is 1. The van der Waals surface area contributed by atoms with Crippen molar-refractivity contribution in [3.05, 3.63) is 80.2 Å². The van der Waals surface area contributed by atoms with Crippen LogP contribution >= 0.6 is 11.3 Å². The molecule has 0 bridgehead atoms. The Bertz CT molecular complexity index is 1380. The minimum atomic E-state index is -0.983. The van der Waals surface area contributed by atoms with Gasteiger partial charge in [-0.1, -0.05) is 24.3 Å². The van der Waals surface area contributed by atoms with Gasteiger partial charge in [0.25, 0.3) is 5.69 Å². The van der Waals surface area contributed by atoms with Crippen LogP contribution in [0.25, 0.3) is 21.6 Å². The maximum atomic E-state index is 11.2. The molecule has 0 spiro atoms. The molecule has 8 nitrogen and oxygen atoms in total. The molecule has 4 aromatic rings. The number of rotatable bonds is 6. The number of carboxylic acid groups (broad SMARTS) is 1. The zero-order valence-electron chi connectivity index (χ0n) is 17.6. The second kappa shape index (κ2) is 8.59. The number of carbonyl (C=O) groups is 1. The molecule has 33 heavy (non-hydrogen) atoms. The molecule has 2 heterocycles. The lowest BCUT2D eigenvalue weighted by molar-refractivity contribution is -0.384. The zero-order valence-corrected chi connectivity index (χ0v) is 18.4. The molecule has 0 fully saturated rings. The SMILES string of the molecule is O=C(O)c1ccc(-c2nc(NCc3cccc([N+](=O)[O-])c3)c3c4c(sc3n2)CCCC4)cc1. The van der Waals surface area contributed by atoms with E-state index < -0.39 is 10.9 Å². The number of aryl methyl sites for hydroxylation is 2. The second-order valence-electron chi connectivity index (χ2n) is 7.95. The summed E-state index contributed by atoms with van der Waals surface area (Å²) in [4.78, 5) is 33.8. The Morgan fingerprint density at radius 2 is 1.91 bits per heavy atom. The number of nitrogens with zero attached hydrogens (tertiary/aromatic N) is 3. The van der Waals surface area contributed by atoms with Gasteiger partial charge in [-0.05, 0) is 48.9 Å². The van der Waals surface area contributed by atoms with Crippen molar-refractivity contribution in [2.75, 3.05) is 5.32 Å². The van der Waals surface area contributed by atoms with E-state index in [0.29, 0.717) is 18.2 Å². The highest BCUT2D eigenvalue weighted by Gasteiger charge is 2.22. The number of aromatic nitrogens is 2. The Labute approximate surface area is 193 Å². The normalized spacial score (nSPS) is 13.0. The zero-order chi connectivity index (χ0) is 22.9. The first kappa shape index (κ1) is 21.0. The summed E-state index contributed by atoms with van der Waals surface area (Å²) < 4.78 is 0. The van der Waals surface area contributed by atoms with Gasteiger partial charge >= 0.3 is 5.97 Å². The van der Waals surface area contributed by atoms with Gasteiger partial charge in [-0.3, -0.25) is 10.1 Å². The molecule has 9 heteroatoms. The van der Waals surface area contributed by atoms with E-state index in [0.717, 1.165) is 47.0 Å². The Balaban J connectivity index is 1.56. The third-order valence-electron chi connectivity index (χ3n) is 5.79. The number of hydrogen-bond donors (Lipinski definition) is 2. The summed E-state index contributed by atoms with van der Waals surface area (Å²) in [6.07, 6.45) is 4.30. The number of nitro benzene ring substituents is 1. The number of aromatic carboxylic acids is 1. The minimum absolute atomic E-state index is 0.0502. The van der Waals surface area contributed by atoms with E-state index in [2.05, 4.69) is 5.32 Å². The molecule has 2 aromatic heterocycles. The lowest BCUT2D eigenvalue weighted by atomic mass is 9.97. The van der Waals surface area contributed by atoms with Crippen molar-refractivity contribution in [3.8, 4) is 11.4 Å². The van der Waals surface area contributed by atoms with Crippen LogP contribution in [-0.4, -0.2) is 26.0 Å². The van der Waals surface area contributed by atoms with Gasteiger partial charge in [0.2, 0.25) is 0 Å². The van der Waals surface area contributed by atoms with Gasteiger partial charge in [-0.15, -0.1) is 11.3 Å². The number of thiophene rings is 1. The first-order chi connectivity index (χ1) is 16.0. The summed E-state index contributed by atoms with van der Waals surface area (Å²) in [7, 11) is 0. The lowest BCUT2D eigenvalue weighted by Gasteiger charge is -2.13. The number of non-ortho nitro benzene ring substituents is 1. The quantitative estimate of drug-likeness (QED) is 0.290. The van der Waals surface area contributed by atoms with Gasteiger partial charge in [-0.2, -0.15) is 0 Å². The number of anilines is 1. The van der Waals surface area contributed by atoms with Crippen LogP contribution in [0.2, 0.25) is 0 Å². The van der Waals surface area contributed by atoms with Crippen molar-refractivity contribution in [1.82, 2.24) is 9.97 Å². The van der Waals surface area contributed by atoms with Crippen LogP contribution in [0.4, 0.5) is 11.5 Å². The van der Waals surface area contributed by atoms with Gasteiger partial charge in [0, 0.05) is 29.1 Å². The maximum absolute atomic E-state index is 11.2. The topological polar surface area (TPSA) is 118 Å². The molecule has 0 aliphatic heterocycles. The molecule has 1 aliphatic rings. The Hall–Kier alpha value is -3.85. The number of benzene rings is 2. The molecule has 0 amide bonds. The summed E-state index contributed by atoms with van der Waals surface area (Å²) in [6, 6.07) is 13.0. The molecule has 166 valence electrons. The average Bonchev–Trinajstić information content (AvgIpc) is 3.21. The van der Waals surface area contributed by atoms with Crippen LogP contribution in [0.3, 0.4) is 0 Å². The molecule has 1 aliphatic carbocycles. The van der Waals surface area contributed by atoms with Crippen molar-refractivity contribution in [2.45, 2.75) is 32.2 Å². The molecular formula is C24H20N4O4S. The van der Waals surface area contributed by atoms with Crippen LogP contribution < -0.4 is 5.32 Å². The van der Waals surface area contributed by atoms with E-state index in [1.165, 1.54) is 16.5 Å². The predicted octanol–water partition coefficient (Wildman–Crippen LogP) is 5.46. The fourth-order valence-electron chi connectivity index (χ4n) is 4.14. The Morgan fingerprint density at radius 3 is 2.67 bits per heavy atom. The molecule has 0 saturated heterocycles. The van der Waals surface area contributed by atoms with Gasteiger partial charge in [0.05, 0.1) is 15.9 Å². The number of nitro groups is 1. The van der Waals surface area contributed by atoms with Gasteiger partial charge in [-0.25, -0.2) is 14.8 Å². The third-order valence-corrected chi connectivity index (χ3v) is 6.97. The molecule has 2 N–H and O–H groups in total. The first-order valence-corrected chi connectivity index (χ1v) is 11.4. The van der Waals surface area contributed by atoms with Crippen molar-refractivity contribution < 1.29 is 14.8 Å². The summed E-state index contributed by atoms with van der Waals surface area (Å²) >= 11 is 1.68. The molecule has 2 aromatic carbocycles. The predicted molar refractivity (Wildman–Crippen MR) is 127 cm³/mol. The minimum Gasteiger partial charge on any atom is -0.478 e. The van der Waals surface area contributed by atoms with Gasteiger partial charge in [0.1, 0.15) is 10.6 Å². The van der Waals surface area contributed by atoms with Crippen LogP contribution in [-0.2, 0) is 19.4 Å². The molecule has 0 unspecified atom stereocenters. The lowest BCUT2D eigenvalue weighted by Crippen LogP contribution is -2.06. The summed E-state index contributed by atoms with van der Waals surface area (Å²) in [5.74, 6) is 0.228. The maximum Gasteiger partial charge on any atom is 0.335 e. The molecule has 0 atom stereocenters. The van der Waals surface area contributed by atoms with E-state index in [1.807, 2.05) is 6.07 Å². The highest BCUT2D eigenvalue weighted by Crippen LogP contribution is 2.39. The fraction of sp³-hybridized carbons (Fsp3) is 0.208. The van der Waals surface area contributed by atoms with Crippen molar-refractivity contribution in [2.24, 2.45) is 0 Å². The standard InChI is InChI=1S/C24H20N4O4S/c29-24(30)16-10-8-15(9-11-16)21-26-22(25-13-14-4-3-5-17(12-14)28(31)32)20-18-6-1-2-7-19(18)33-23(20)27-21/h3-5,8-12H,1-2,6-7,13H2,(H,29,30)(H,25,26,27). The summed E-state index contributed by atoms with van der Waals surface area (Å²) in [5, 5.41) is 24.7. The van der Waals surface area contributed by atoms with Gasteiger partial charge in [0.15, 0.2) is 5.82 Å². The number of fused-ring (bicyclic) bond motifs is 3. The first-order valence-electron chi connectivity index (χ1n) is 10.6. The second-order valence-corrected chi connectivity index (χ2v) is 9.03. The largest absolute Gasteiger partial charge is 0.478 e. The third kappa shape index (κ3) is 4.14. The number of carboxylic acids is 1. The summed E-state index contributed by atoms with van der Waals surface area (Å²) in [6.45, 7) is 0.385. The molecule has 5 rings (SSSR count). The van der Waals surface area contributed by atoms with Gasteiger partial charge < -0.3 is 10.4 Å². The molecule has 0 radical (unpaired) electrons. The van der Waals surface area contributed by atoms with E-state index in [9.17, 15) is 20.0 Å². The van der Waals surface area contributed by atoms with Crippen LogP contribution in [0.15, 0.2) is 48.5 Å². The summed E-state index contributed by atoms with van der Waals surface area (Å²) in [5.41, 5.74) is 3.05. The average molecular weight is 461 g/mol. The fourth-order valence-corrected chi connectivity index (χ4v) is 5.40. The Morgan fingerprint density at radius 1 is 1.12 bits per heavy atom. The molecular weight excluding hydrogens is 440 g/mol. The molecule has 0 saturated carbocycles. The smallest absolute Gasteiger partial charge is 0.335 e. The highest BCUT2D eigenvalue weighted by atomic mass is 32.1. The number of hydrogen-bond acceptors (Lipinski definition) is 7. The van der Waals surface area contributed by atoms with Crippen LogP contribution in [0.1, 0.15) is 39.2 Å². The van der Waals surface area contributed by atoms with E-state index in [4.69, 9.17) is 9.97 Å². The Kier molecular flexibility index (Phi) is 5.47. The van der Waals surface area contributed by atoms with E-state index in [-0.39, 0.29) is 11.3 Å². The van der Waals surface area contributed by atoms with Crippen molar-refractivity contribution >= 4 is 39.0 Å². The van der Waals surface area contributed by atoms with Crippen molar-refractivity contribution in [1.29, 1.82) is 0 Å². The van der Waals surface area contributed by atoms with Crippen LogP contribution in [0, 0.1) is 10.1 Å². The van der Waals surface area contributed by atoms with Crippen molar-refractivity contribution in [3.63, 3.8) is 0 Å². The highest BCUT2D eigenvalue weighted by molar-refractivity contribution is 7.19. The van der Waals surface area contributed by atoms with E-state index in [1.54, 1.807) is 47.7 Å².